The summed E-state index contributed by atoms with van der Waals surface area (Å²) in [6.45, 7) is 3.70. The first-order valence-electron chi connectivity index (χ1n) is 8.78. The minimum Gasteiger partial charge on any atom is -0.327 e. The van der Waals surface area contributed by atoms with Gasteiger partial charge in [0.25, 0.3) is 0 Å². The highest BCUT2D eigenvalue weighted by atomic mass is 16.2. The van der Waals surface area contributed by atoms with Gasteiger partial charge in [-0.1, -0.05) is 38.0 Å². The maximum atomic E-state index is 12.4. The number of carbonyl (C=O) groups excluding carboxylic acids is 1. The number of hydrogen-bond donors (Lipinski definition) is 2. The first kappa shape index (κ1) is 16.7. The van der Waals surface area contributed by atoms with Crippen molar-refractivity contribution in [1.29, 1.82) is 0 Å². The Morgan fingerprint density at radius 3 is 2.54 bits per heavy atom. The number of nitrogens with two attached hydrogens (primary N) is 1. The third kappa shape index (κ3) is 3.51. The van der Waals surface area contributed by atoms with Gasteiger partial charge in [0.1, 0.15) is 5.82 Å². The van der Waals surface area contributed by atoms with Gasteiger partial charge in [0.05, 0.1) is 17.3 Å². The van der Waals surface area contributed by atoms with E-state index in [4.69, 9.17) is 10.8 Å². The third-order valence-electron chi connectivity index (χ3n) is 4.96. The lowest BCUT2D eigenvalue weighted by Gasteiger charge is -2.16. The Bertz CT molecular complexity index is 687. The van der Waals surface area contributed by atoms with Gasteiger partial charge in [0, 0.05) is 18.0 Å². The van der Waals surface area contributed by atoms with Crippen LogP contribution in [0.3, 0.4) is 0 Å². The number of hydrogen-bond acceptors (Lipinski definition) is 3. The molecule has 1 aliphatic carbocycles. The molecular formula is C19H26N4O. The molecule has 2 unspecified atom stereocenters. The van der Waals surface area contributed by atoms with E-state index in [9.17, 15) is 4.79 Å². The Labute approximate surface area is 143 Å². The van der Waals surface area contributed by atoms with Crippen LogP contribution in [0.1, 0.15) is 51.1 Å². The zero-order valence-corrected chi connectivity index (χ0v) is 14.4. The van der Waals surface area contributed by atoms with Crippen LogP contribution in [0.5, 0.6) is 0 Å². The molecule has 0 bridgehead atoms. The van der Waals surface area contributed by atoms with Crippen molar-refractivity contribution in [2.75, 3.05) is 5.32 Å². The maximum Gasteiger partial charge on any atom is 0.229 e. The second-order valence-corrected chi connectivity index (χ2v) is 6.82. The third-order valence-corrected chi connectivity index (χ3v) is 4.96. The molecule has 3 N–H and O–H groups in total. The average molecular weight is 326 g/mol. The van der Waals surface area contributed by atoms with Crippen LogP contribution in [-0.2, 0) is 4.79 Å². The van der Waals surface area contributed by atoms with E-state index in [0.717, 1.165) is 17.2 Å². The molecule has 0 spiro atoms. The van der Waals surface area contributed by atoms with Crippen LogP contribution >= 0.6 is 0 Å². The molecule has 2 atom stereocenters. The molecule has 5 heteroatoms. The number of aromatic nitrogens is 2. The predicted octanol–water partition coefficient (Wildman–Crippen LogP) is 3.45. The number of nitrogens with zero attached hydrogens (tertiary/aromatic N) is 2. The van der Waals surface area contributed by atoms with Crippen LogP contribution in [-0.4, -0.2) is 21.7 Å². The van der Waals surface area contributed by atoms with Crippen LogP contribution in [0.15, 0.2) is 36.4 Å². The molecule has 128 valence electrons. The largest absolute Gasteiger partial charge is 0.327 e. The topological polar surface area (TPSA) is 72.9 Å². The Morgan fingerprint density at radius 1 is 1.25 bits per heavy atom. The molecule has 1 aromatic heterocycles. The van der Waals surface area contributed by atoms with E-state index < -0.39 is 0 Å². The summed E-state index contributed by atoms with van der Waals surface area (Å²) in [5.74, 6) is 0.899. The second kappa shape index (κ2) is 7.18. The van der Waals surface area contributed by atoms with Gasteiger partial charge in [-0.2, -0.15) is 5.10 Å². The Morgan fingerprint density at radius 2 is 1.92 bits per heavy atom. The van der Waals surface area contributed by atoms with Gasteiger partial charge in [0.15, 0.2) is 0 Å². The van der Waals surface area contributed by atoms with Crippen LogP contribution in [0.2, 0.25) is 0 Å². The number of anilines is 1. The van der Waals surface area contributed by atoms with Crippen LogP contribution in [0, 0.1) is 5.92 Å². The van der Waals surface area contributed by atoms with E-state index in [2.05, 4.69) is 5.32 Å². The zero-order valence-electron chi connectivity index (χ0n) is 14.4. The van der Waals surface area contributed by atoms with Crippen molar-refractivity contribution in [3.8, 4) is 5.69 Å². The summed E-state index contributed by atoms with van der Waals surface area (Å²) in [6, 6.07) is 11.8. The van der Waals surface area contributed by atoms with Crippen molar-refractivity contribution >= 4 is 11.7 Å². The highest BCUT2D eigenvalue weighted by Crippen LogP contribution is 2.35. The summed E-state index contributed by atoms with van der Waals surface area (Å²) in [4.78, 5) is 12.4. The standard InChI is InChI=1S/C19H26N4O/c1-13(14(2)20)19(24)21-18-12-17(15-8-6-7-9-15)22-23(18)16-10-4-3-5-11-16/h3-5,10-15H,6-9,20H2,1-2H3,(H,21,24). The normalized spacial score (nSPS) is 17.6. The highest BCUT2D eigenvalue weighted by molar-refractivity contribution is 5.92. The highest BCUT2D eigenvalue weighted by Gasteiger charge is 2.24. The van der Waals surface area contributed by atoms with Gasteiger partial charge in [-0.25, -0.2) is 4.68 Å². The summed E-state index contributed by atoms with van der Waals surface area (Å²) in [5.41, 5.74) is 7.88. The smallest absolute Gasteiger partial charge is 0.229 e. The van der Waals surface area contributed by atoms with Crippen LogP contribution < -0.4 is 11.1 Å². The van der Waals surface area contributed by atoms with Crippen LogP contribution in [0.25, 0.3) is 5.69 Å². The molecule has 2 aromatic rings. The molecule has 1 saturated carbocycles. The number of nitrogens with one attached hydrogen (secondary N) is 1. The Kier molecular flexibility index (Phi) is 5.00. The molecule has 1 amide bonds. The van der Waals surface area contributed by atoms with Crippen molar-refractivity contribution in [3.63, 3.8) is 0 Å². The first-order valence-corrected chi connectivity index (χ1v) is 8.78. The van der Waals surface area contributed by atoms with Gasteiger partial charge in [0.2, 0.25) is 5.91 Å². The van der Waals surface area contributed by atoms with Gasteiger partial charge < -0.3 is 11.1 Å². The van der Waals surface area contributed by atoms with E-state index in [-0.39, 0.29) is 17.9 Å². The van der Waals surface area contributed by atoms with Crippen molar-refractivity contribution in [2.45, 2.75) is 51.5 Å². The number of para-hydroxylation sites is 1. The summed E-state index contributed by atoms with van der Waals surface area (Å²) in [7, 11) is 0. The van der Waals surface area contributed by atoms with Gasteiger partial charge in [-0.15, -0.1) is 0 Å². The minimum absolute atomic E-state index is 0.0694. The number of carbonyl (C=O) groups is 1. The summed E-state index contributed by atoms with van der Waals surface area (Å²) < 4.78 is 1.83. The summed E-state index contributed by atoms with van der Waals surface area (Å²) >= 11 is 0. The van der Waals surface area contributed by atoms with Gasteiger partial charge in [-0.05, 0) is 31.9 Å². The molecule has 24 heavy (non-hydrogen) atoms. The molecule has 3 rings (SSSR count). The van der Waals surface area contributed by atoms with E-state index in [1.807, 2.05) is 54.9 Å². The fourth-order valence-electron chi connectivity index (χ4n) is 3.15. The van der Waals surface area contributed by atoms with E-state index in [1.165, 1.54) is 25.7 Å². The zero-order chi connectivity index (χ0) is 17.1. The second-order valence-electron chi connectivity index (χ2n) is 6.82. The summed E-state index contributed by atoms with van der Waals surface area (Å²) in [5, 5.41) is 7.81. The number of benzene rings is 1. The molecule has 0 saturated heterocycles. The molecule has 1 aliphatic rings. The molecule has 1 aromatic carbocycles. The molecule has 0 radical (unpaired) electrons. The SMILES string of the molecule is CC(N)C(C)C(=O)Nc1cc(C2CCCC2)nn1-c1ccccc1. The number of amides is 1. The van der Waals surface area contributed by atoms with Crippen molar-refractivity contribution in [3.05, 3.63) is 42.1 Å². The predicted molar refractivity (Wildman–Crippen MR) is 96.2 cm³/mol. The number of rotatable bonds is 5. The molecule has 1 fully saturated rings. The van der Waals surface area contributed by atoms with E-state index in [0.29, 0.717) is 5.92 Å². The molecular weight excluding hydrogens is 300 g/mol. The van der Waals surface area contributed by atoms with E-state index in [1.54, 1.807) is 0 Å². The van der Waals surface area contributed by atoms with Gasteiger partial charge >= 0.3 is 0 Å². The van der Waals surface area contributed by atoms with Crippen molar-refractivity contribution in [1.82, 2.24) is 9.78 Å². The minimum atomic E-state index is -0.251. The molecule has 1 heterocycles. The Balaban J connectivity index is 1.92. The lowest BCUT2D eigenvalue weighted by Crippen LogP contribution is -2.34. The van der Waals surface area contributed by atoms with Gasteiger partial charge in [-0.3, -0.25) is 4.79 Å². The lowest BCUT2D eigenvalue weighted by atomic mass is 10.0. The van der Waals surface area contributed by atoms with Crippen molar-refractivity contribution < 1.29 is 4.79 Å². The maximum absolute atomic E-state index is 12.4. The quantitative estimate of drug-likeness (QED) is 0.884. The summed E-state index contributed by atoms with van der Waals surface area (Å²) in [6.07, 6.45) is 4.86. The first-order chi connectivity index (χ1) is 11.6. The lowest BCUT2D eigenvalue weighted by molar-refractivity contribution is -0.119. The average Bonchev–Trinajstić information content (AvgIpc) is 3.24. The Hall–Kier alpha value is -2.14. The van der Waals surface area contributed by atoms with Crippen molar-refractivity contribution in [2.24, 2.45) is 11.7 Å². The monoisotopic (exact) mass is 326 g/mol. The fourth-order valence-corrected chi connectivity index (χ4v) is 3.15. The fraction of sp³-hybridized carbons (Fsp3) is 0.474. The van der Waals surface area contributed by atoms with E-state index >= 15 is 0 Å². The van der Waals surface area contributed by atoms with Crippen LogP contribution in [0.4, 0.5) is 5.82 Å². The molecule has 5 nitrogen and oxygen atoms in total. The molecule has 0 aliphatic heterocycles.